The van der Waals surface area contributed by atoms with Crippen LogP contribution in [0.1, 0.15) is 23.0 Å². The number of para-hydroxylation sites is 1. The Morgan fingerprint density at radius 1 is 1.13 bits per heavy atom. The average molecular weight is 423 g/mol. The van der Waals surface area contributed by atoms with E-state index in [0.29, 0.717) is 18.9 Å². The van der Waals surface area contributed by atoms with Crippen LogP contribution < -0.4 is 4.90 Å². The van der Waals surface area contributed by atoms with Gasteiger partial charge in [0.05, 0.1) is 12.0 Å². The highest BCUT2D eigenvalue weighted by Gasteiger charge is 2.26. The fourth-order valence-electron chi connectivity index (χ4n) is 3.99. The molecule has 8 heteroatoms. The van der Waals surface area contributed by atoms with E-state index in [4.69, 9.17) is 9.15 Å². The molecule has 1 aliphatic rings. The lowest BCUT2D eigenvalue weighted by Crippen LogP contribution is -2.46. The molecule has 4 aromatic rings. The van der Waals surface area contributed by atoms with E-state index < -0.39 is 5.97 Å². The van der Waals surface area contributed by atoms with Crippen molar-refractivity contribution in [3.05, 3.63) is 53.4 Å². The number of esters is 1. The Kier molecular flexibility index (Phi) is 5.10. The number of fused-ring (bicyclic) bond motifs is 2. The Hall–Kier alpha value is -2.97. The van der Waals surface area contributed by atoms with Crippen molar-refractivity contribution < 1.29 is 13.9 Å². The first-order valence-electron chi connectivity index (χ1n) is 10.1. The minimum atomic E-state index is -0.400. The molecule has 0 bridgehead atoms. The van der Waals surface area contributed by atoms with Gasteiger partial charge >= 0.3 is 5.97 Å². The predicted octanol–water partition coefficient (Wildman–Crippen LogP) is 3.94. The summed E-state index contributed by atoms with van der Waals surface area (Å²) >= 11 is 1.64. The molecule has 1 aromatic carbocycles. The maximum Gasteiger partial charge on any atom is 0.374 e. The zero-order valence-electron chi connectivity index (χ0n) is 16.7. The number of carbonyl (C=O) groups excluding carboxylic acids is 1. The molecule has 0 N–H and O–H groups in total. The van der Waals surface area contributed by atoms with Gasteiger partial charge in [0.1, 0.15) is 22.6 Å². The van der Waals surface area contributed by atoms with Crippen LogP contribution in [0.5, 0.6) is 0 Å². The fraction of sp³-hybridized carbons (Fsp3) is 0.318. The van der Waals surface area contributed by atoms with Gasteiger partial charge in [0.2, 0.25) is 5.76 Å². The summed E-state index contributed by atoms with van der Waals surface area (Å²) in [5.41, 5.74) is 1.62. The topological polar surface area (TPSA) is 71.7 Å². The summed E-state index contributed by atoms with van der Waals surface area (Å²) in [4.78, 5) is 27.0. The number of carbonyl (C=O) groups is 1. The van der Waals surface area contributed by atoms with Crippen LogP contribution in [0, 0.1) is 0 Å². The monoisotopic (exact) mass is 422 g/mol. The number of thiophene rings is 1. The molecule has 0 atom stereocenters. The van der Waals surface area contributed by atoms with E-state index in [2.05, 4.69) is 31.2 Å². The van der Waals surface area contributed by atoms with E-state index in [-0.39, 0.29) is 0 Å². The third-order valence-electron chi connectivity index (χ3n) is 5.45. The van der Waals surface area contributed by atoms with E-state index in [1.807, 2.05) is 24.3 Å². The molecular formula is C22H22N4O3S. The summed E-state index contributed by atoms with van der Waals surface area (Å²) in [6, 6.07) is 9.86. The zero-order valence-corrected chi connectivity index (χ0v) is 17.5. The van der Waals surface area contributed by atoms with E-state index in [9.17, 15) is 4.79 Å². The summed E-state index contributed by atoms with van der Waals surface area (Å²) < 4.78 is 11.1. The Labute approximate surface area is 177 Å². The standard InChI is InChI=1S/C22H22N4O3S/c1-2-28-22(27)19-17(15-5-3-4-6-18(15)29-19)13-25-8-10-26(11-9-25)20-16-7-12-30-21(16)24-14-23-20/h3-7,12,14H,2,8-11,13H2,1H3. The SMILES string of the molecule is CCOC(=O)c1oc2ccccc2c1CN1CCN(c2ncnc3sccc23)CC1. The number of hydrogen-bond acceptors (Lipinski definition) is 8. The molecule has 0 saturated carbocycles. The molecule has 0 aliphatic carbocycles. The van der Waals surface area contributed by atoms with E-state index >= 15 is 0 Å². The maximum atomic E-state index is 12.5. The van der Waals surface area contributed by atoms with E-state index in [1.165, 1.54) is 0 Å². The zero-order chi connectivity index (χ0) is 20.5. The van der Waals surface area contributed by atoms with Crippen LogP contribution in [-0.4, -0.2) is 53.6 Å². The van der Waals surface area contributed by atoms with Crippen molar-refractivity contribution in [3.8, 4) is 0 Å². The third-order valence-corrected chi connectivity index (χ3v) is 6.27. The van der Waals surface area contributed by atoms with Crippen molar-refractivity contribution in [1.82, 2.24) is 14.9 Å². The number of piperazine rings is 1. The summed E-state index contributed by atoms with van der Waals surface area (Å²) in [6.45, 7) is 6.26. The highest BCUT2D eigenvalue weighted by atomic mass is 32.1. The van der Waals surface area contributed by atoms with Crippen molar-refractivity contribution in [3.63, 3.8) is 0 Å². The van der Waals surface area contributed by atoms with Gasteiger partial charge in [-0.1, -0.05) is 18.2 Å². The Bertz CT molecular complexity index is 1190. The number of ether oxygens (including phenoxy) is 1. The van der Waals surface area contributed by atoms with Gasteiger partial charge < -0.3 is 14.1 Å². The van der Waals surface area contributed by atoms with Gasteiger partial charge in [0.25, 0.3) is 0 Å². The Balaban J connectivity index is 1.35. The molecule has 0 spiro atoms. The normalized spacial score (nSPS) is 15.2. The van der Waals surface area contributed by atoms with Crippen LogP contribution in [0.3, 0.4) is 0 Å². The number of benzene rings is 1. The number of nitrogens with zero attached hydrogens (tertiary/aromatic N) is 4. The van der Waals surface area contributed by atoms with Gasteiger partial charge in [0, 0.05) is 43.7 Å². The summed E-state index contributed by atoms with van der Waals surface area (Å²) in [7, 11) is 0. The Morgan fingerprint density at radius 3 is 2.80 bits per heavy atom. The number of hydrogen-bond donors (Lipinski definition) is 0. The molecule has 1 aliphatic heterocycles. The van der Waals surface area contributed by atoms with Crippen LogP contribution in [0.2, 0.25) is 0 Å². The van der Waals surface area contributed by atoms with Gasteiger partial charge in [-0.25, -0.2) is 14.8 Å². The van der Waals surface area contributed by atoms with Crippen LogP contribution in [-0.2, 0) is 11.3 Å². The first-order chi connectivity index (χ1) is 14.7. The lowest BCUT2D eigenvalue weighted by Gasteiger charge is -2.35. The lowest BCUT2D eigenvalue weighted by atomic mass is 10.1. The van der Waals surface area contributed by atoms with Gasteiger partial charge in [-0.3, -0.25) is 4.90 Å². The van der Waals surface area contributed by atoms with Gasteiger partial charge in [-0.05, 0) is 24.4 Å². The van der Waals surface area contributed by atoms with Crippen molar-refractivity contribution >= 4 is 44.3 Å². The lowest BCUT2D eigenvalue weighted by molar-refractivity contribution is 0.0489. The average Bonchev–Trinajstić information content (AvgIpc) is 3.39. The van der Waals surface area contributed by atoms with Crippen LogP contribution in [0.25, 0.3) is 21.2 Å². The molecule has 0 amide bonds. The Morgan fingerprint density at radius 2 is 1.97 bits per heavy atom. The molecule has 30 heavy (non-hydrogen) atoms. The van der Waals surface area contributed by atoms with Gasteiger partial charge in [-0.15, -0.1) is 11.3 Å². The fourth-order valence-corrected chi connectivity index (χ4v) is 4.71. The smallest absolute Gasteiger partial charge is 0.374 e. The summed E-state index contributed by atoms with van der Waals surface area (Å²) in [5.74, 6) is 0.918. The first-order valence-corrected chi connectivity index (χ1v) is 11.0. The van der Waals surface area contributed by atoms with Crippen molar-refractivity contribution in [2.75, 3.05) is 37.7 Å². The molecule has 4 heterocycles. The molecule has 0 unspecified atom stereocenters. The number of aromatic nitrogens is 2. The molecule has 1 saturated heterocycles. The van der Waals surface area contributed by atoms with E-state index in [0.717, 1.165) is 58.7 Å². The first kappa shape index (κ1) is 19.0. The number of furan rings is 1. The second-order valence-corrected chi connectivity index (χ2v) is 8.12. The summed E-state index contributed by atoms with van der Waals surface area (Å²) in [5, 5.41) is 4.14. The highest BCUT2D eigenvalue weighted by molar-refractivity contribution is 7.16. The minimum absolute atomic E-state index is 0.316. The second-order valence-electron chi connectivity index (χ2n) is 7.23. The largest absolute Gasteiger partial charge is 0.460 e. The third kappa shape index (κ3) is 3.42. The van der Waals surface area contributed by atoms with Crippen LogP contribution in [0.15, 0.2) is 46.5 Å². The van der Waals surface area contributed by atoms with Gasteiger partial charge in [-0.2, -0.15) is 0 Å². The molecule has 5 rings (SSSR count). The quantitative estimate of drug-likeness (QED) is 0.451. The maximum absolute atomic E-state index is 12.5. The van der Waals surface area contributed by atoms with Crippen molar-refractivity contribution in [2.24, 2.45) is 0 Å². The molecular weight excluding hydrogens is 400 g/mol. The molecule has 0 radical (unpaired) electrons. The second kappa shape index (κ2) is 8.04. The van der Waals surface area contributed by atoms with E-state index in [1.54, 1.807) is 24.6 Å². The molecule has 1 fully saturated rings. The highest BCUT2D eigenvalue weighted by Crippen LogP contribution is 2.30. The van der Waals surface area contributed by atoms with Crippen molar-refractivity contribution in [1.29, 1.82) is 0 Å². The van der Waals surface area contributed by atoms with Crippen LogP contribution in [0.4, 0.5) is 5.82 Å². The predicted molar refractivity (Wildman–Crippen MR) is 117 cm³/mol. The van der Waals surface area contributed by atoms with Gasteiger partial charge in [0.15, 0.2) is 0 Å². The molecule has 7 nitrogen and oxygen atoms in total. The number of anilines is 1. The van der Waals surface area contributed by atoms with Crippen LogP contribution >= 0.6 is 11.3 Å². The molecule has 3 aromatic heterocycles. The number of rotatable bonds is 5. The molecule has 154 valence electrons. The minimum Gasteiger partial charge on any atom is -0.460 e. The van der Waals surface area contributed by atoms with Crippen molar-refractivity contribution in [2.45, 2.75) is 13.5 Å². The summed E-state index contributed by atoms with van der Waals surface area (Å²) in [6.07, 6.45) is 1.64.